The number of amides is 1. The van der Waals surface area contributed by atoms with E-state index in [4.69, 9.17) is 4.42 Å². The van der Waals surface area contributed by atoms with Crippen LogP contribution in [-0.4, -0.2) is 40.0 Å². The van der Waals surface area contributed by atoms with E-state index in [1.165, 1.54) is 16.9 Å². The van der Waals surface area contributed by atoms with Gasteiger partial charge in [0.05, 0.1) is 30.4 Å². The molecular weight excluding hydrogens is 404 g/mol. The lowest BCUT2D eigenvalue weighted by Crippen LogP contribution is -2.42. The predicted octanol–water partition coefficient (Wildman–Crippen LogP) is 3.74. The molecule has 1 aliphatic heterocycles. The third-order valence-corrected chi connectivity index (χ3v) is 5.23. The quantitative estimate of drug-likeness (QED) is 0.634. The molecule has 0 spiro atoms. The first-order valence-electron chi connectivity index (χ1n) is 9.57. The molecule has 1 aliphatic rings. The van der Waals surface area contributed by atoms with Gasteiger partial charge in [-0.25, -0.2) is 9.37 Å². The van der Waals surface area contributed by atoms with Gasteiger partial charge in [0.15, 0.2) is 0 Å². The zero-order chi connectivity index (χ0) is 21.3. The van der Waals surface area contributed by atoms with Crippen LogP contribution in [0.15, 0.2) is 41.0 Å². The van der Waals surface area contributed by atoms with Crippen LogP contribution in [0.1, 0.15) is 30.5 Å². The molecule has 30 heavy (non-hydrogen) atoms. The maximum Gasteiger partial charge on any atom is 0.449 e. The van der Waals surface area contributed by atoms with Crippen LogP contribution in [0.4, 0.5) is 17.6 Å². The molecule has 0 bridgehead atoms. The SMILES string of the molecule is O=C(CN1CCC(n2c(C(F)(F)F)nc3cc(F)ccc32)CC1)NCc1ccco1. The lowest BCUT2D eigenvalue weighted by atomic mass is 10.0. The molecule has 1 N–H and O–H groups in total. The van der Waals surface area contributed by atoms with Gasteiger partial charge in [0.25, 0.3) is 0 Å². The molecule has 0 unspecified atom stereocenters. The summed E-state index contributed by atoms with van der Waals surface area (Å²) in [5.74, 6) is -1.18. The summed E-state index contributed by atoms with van der Waals surface area (Å²) < 4.78 is 60.4. The minimum Gasteiger partial charge on any atom is -0.467 e. The lowest BCUT2D eigenvalue weighted by molar-refractivity contribution is -0.147. The van der Waals surface area contributed by atoms with E-state index in [0.29, 0.717) is 31.7 Å². The molecule has 160 valence electrons. The van der Waals surface area contributed by atoms with Crippen LogP contribution in [-0.2, 0) is 17.5 Å². The second kappa shape index (κ2) is 8.10. The molecule has 10 heteroatoms. The Morgan fingerprint density at radius 3 is 2.67 bits per heavy atom. The molecule has 1 amide bonds. The van der Waals surface area contributed by atoms with Gasteiger partial charge in [0.2, 0.25) is 11.7 Å². The lowest BCUT2D eigenvalue weighted by Gasteiger charge is -2.33. The second-order valence-electron chi connectivity index (χ2n) is 7.30. The molecule has 4 rings (SSSR count). The number of nitrogens with zero attached hydrogens (tertiary/aromatic N) is 3. The van der Waals surface area contributed by atoms with Crippen LogP contribution in [0.3, 0.4) is 0 Å². The number of benzene rings is 1. The summed E-state index contributed by atoms with van der Waals surface area (Å²) in [6.45, 7) is 1.39. The molecule has 1 fully saturated rings. The molecule has 1 saturated heterocycles. The number of furan rings is 1. The van der Waals surface area contributed by atoms with E-state index in [1.54, 1.807) is 12.1 Å². The fraction of sp³-hybridized carbons (Fsp3) is 0.400. The molecule has 0 saturated carbocycles. The zero-order valence-electron chi connectivity index (χ0n) is 16.0. The largest absolute Gasteiger partial charge is 0.467 e. The summed E-state index contributed by atoms with van der Waals surface area (Å²) in [5, 5.41) is 2.76. The van der Waals surface area contributed by atoms with Gasteiger partial charge in [-0.15, -0.1) is 0 Å². The van der Waals surface area contributed by atoms with E-state index in [2.05, 4.69) is 10.3 Å². The van der Waals surface area contributed by atoms with E-state index in [0.717, 1.165) is 12.1 Å². The number of likely N-dealkylation sites (tertiary alicyclic amines) is 1. The van der Waals surface area contributed by atoms with Crippen molar-refractivity contribution in [3.63, 3.8) is 0 Å². The first-order valence-corrected chi connectivity index (χ1v) is 9.57. The number of hydrogen-bond donors (Lipinski definition) is 1. The monoisotopic (exact) mass is 424 g/mol. The molecule has 3 aromatic rings. The standard InChI is InChI=1S/C20H20F4N4O2/c21-13-3-4-17-16(10-13)26-19(20(22,23)24)28(17)14-5-7-27(8-6-14)12-18(29)25-11-15-2-1-9-30-15/h1-4,9-10,14H,5-8,11-12H2,(H,25,29). The van der Waals surface area contributed by atoms with Gasteiger partial charge >= 0.3 is 6.18 Å². The van der Waals surface area contributed by atoms with E-state index in [1.807, 2.05) is 4.90 Å². The third-order valence-electron chi connectivity index (χ3n) is 5.23. The minimum atomic E-state index is -4.64. The van der Waals surface area contributed by atoms with Gasteiger partial charge in [-0.1, -0.05) is 0 Å². The number of carbonyl (C=O) groups excluding carboxylic acids is 1. The Kier molecular flexibility index (Phi) is 5.50. The minimum absolute atomic E-state index is 0.0120. The van der Waals surface area contributed by atoms with Crippen LogP contribution >= 0.6 is 0 Å². The Labute approximate surface area is 169 Å². The van der Waals surface area contributed by atoms with Gasteiger partial charge in [-0.3, -0.25) is 9.69 Å². The molecule has 0 radical (unpaired) electrons. The first-order chi connectivity index (χ1) is 14.3. The Bertz CT molecular complexity index is 1020. The van der Waals surface area contributed by atoms with Crippen molar-refractivity contribution in [2.75, 3.05) is 19.6 Å². The van der Waals surface area contributed by atoms with Crippen molar-refractivity contribution >= 4 is 16.9 Å². The number of piperidine rings is 1. The number of imidazole rings is 1. The molecule has 0 atom stereocenters. The molecule has 3 heterocycles. The van der Waals surface area contributed by atoms with Crippen LogP contribution in [0.25, 0.3) is 11.0 Å². The maximum absolute atomic E-state index is 13.5. The smallest absolute Gasteiger partial charge is 0.449 e. The molecular formula is C20H20F4N4O2. The topological polar surface area (TPSA) is 63.3 Å². The Hall–Kier alpha value is -2.88. The number of hydrogen-bond acceptors (Lipinski definition) is 4. The average Bonchev–Trinajstić information content (AvgIpc) is 3.34. The van der Waals surface area contributed by atoms with E-state index in [-0.39, 0.29) is 30.0 Å². The molecule has 6 nitrogen and oxygen atoms in total. The summed E-state index contributed by atoms with van der Waals surface area (Å²) in [5.41, 5.74) is 0.250. The highest BCUT2D eigenvalue weighted by atomic mass is 19.4. The number of fused-ring (bicyclic) bond motifs is 1. The Morgan fingerprint density at radius 1 is 1.23 bits per heavy atom. The number of rotatable bonds is 5. The summed E-state index contributed by atoms with van der Waals surface area (Å²) in [6.07, 6.45) is -2.26. The zero-order valence-corrected chi connectivity index (χ0v) is 16.0. The number of halogens is 4. The Morgan fingerprint density at radius 2 is 2.00 bits per heavy atom. The summed E-state index contributed by atoms with van der Waals surface area (Å²) in [7, 11) is 0. The number of nitrogens with one attached hydrogen (secondary N) is 1. The number of alkyl halides is 3. The highest BCUT2D eigenvalue weighted by Gasteiger charge is 2.40. The fourth-order valence-corrected chi connectivity index (χ4v) is 3.84. The number of aromatic nitrogens is 2. The van der Waals surface area contributed by atoms with Gasteiger partial charge in [0, 0.05) is 25.2 Å². The van der Waals surface area contributed by atoms with Crippen LogP contribution in [0.5, 0.6) is 0 Å². The van der Waals surface area contributed by atoms with Gasteiger partial charge in [-0.05, 0) is 37.1 Å². The molecule has 0 aliphatic carbocycles. The number of carbonyl (C=O) groups is 1. The van der Waals surface area contributed by atoms with Crippen LogP contribution in [0.2, 0.25) is 0 Å². The van der Waals surface area contributed by atoms with E-state index >= 15 is 0 Å². The first kappa shape index (κ1) is 20.4. The second-order valence-corrected chi connectivity index (χ2v) is 7.30. The van der Waals surface area contributed by atoms with Crippen molar-refractivity contribution in [1.29, 1.82) is 0 Å². The Balaban J connectivity index is 1.42. The average molecular weight is 424 g/mol. The van der Waals surface area contributed by atoms with Gasteiger partial charge < -0.3 is 14.3 Å². The summed E-state index contributed by atoms with van der Waals surface area (Å²) in [4.78, 5) is 17.7. The third kappa shape index (κ3) is 4.33. The van der Waals surface area contributed by atoms with Crippen molar-refractivity contribution in [2.24, 2.45) is 0 Å². The van der Waals surface area contributed by atoms with Crippen molar-refractivity contribution in [3.8, 4) is 0 Å². The van der Waals surface area contributed by atoms with Crippen molar-refractivity contribution in [3.05, 3.63) is 54.0 Å². The fourth-order valence-electron chi connectivity index (χ4n) is 3.84. The van der Waals surface area contributed by atoms with Crippen molar-refractivity contribution in [1.82, 2.24) is 19.8 Å². The van der Waals surface area contributed by atoms with E-state index in [9.17, 15) is 22.4 Å². The normalized spacial score (nSPS) is 16.3. The molecule has 2 aromatic heterocycles. The predicted molar refractivity (Wildman–Crippen MR) is 100.0 cm³/mol. The van der Waals surface area contributed by atoms with Gasteiger partial charge in [0.1, 0.15) is 11.6 Å². The summed E-state index contributed by atoms with van der Waals surface area (Å²) in [6, 6.07) is 6.54. The van der Waals surface area contributed by atoms with E-state index < -0.39 is 23.9 Å². The highest BCUT2D eigenvalue weighted by Crippen LogP contribution is 2.36. The maximum atomic E-state index is 13.5. The summed E-state index contributed by atoms with van der Waals surface area (Å²) >= 11 is 0. The van der Waals surface area contributed by atoms with Crippen molar-refractivity contribution < 1.29 is 26.8 Å². The van der Waals surface area contributed by atoms with Gasteiger partial charge in [-0.2, -0.15) is 13.2 Å². The molecule has 1 aromatic carbocycles. The van der Waals surface area contributed by atoms with Crippen LogP contribution in [0, 0.1) is 5.82 Å². The van der Waals surface area contributed by atoms with Crippen LogP contribution < -0.4 is 5.32 Å². The highest BCUT2D eigenvalue weighted by molar-refractivity contribution is 5.78. The van der Waals surface area contributed by atoms with Crippen molar-refractivity contribution in [2.45, 2.75) is 31.6 Å².